The van der Waals surface area contributed by atoms with Crippen LogP contribution in [0.2, 0.25) is 0 Å². The van der Waals surface area contributed by atoms with Crippen LogP contribution < -0.4 is 9.46 Å². The number of ether oxygens (including phenoxy) is 1. The maximum Gasteiger partial charge on any atom is 0.232 e. The molecular weight excluding hydrogens is 204 g/mol. The molecule has 0 aliphatic heterocycles. The van der Waals surface area contributed by atoms with Gasteiger partial charge in [0.05, 0.1) is 30.9 Å². The van der Waals surface area contributed by atoms with Gasteiger partial charge in [0, 0.05) is 6.07 Å². The number of hydrogen-bond donors (Lipinski definition) is 1. The summed E-state index contributed by atoms with van der Waals surface area (Å²) in [5.41, 5.74) is 0.409. The first kappa shape index (κ1) is 10.8. The largest absolute Gasteiger partial charge is 0.495 e. The normalized spacial score (nSPS) is 11.0. The van der Waals surface area contributed by atoms with E-state index in [0.29, 0.717) is 11.4 Å². The van der Waals surface area contributed by atoms with Crippen LogP contribution in [0.25, 0.3) is 0 Å². The molecule has 0 bridgehead atoms. The molecule has 1 heterocycles. The van der Waals surface area contributed by atoms with E-state index >= 15 is 0 Å². The molecule has 14 heavy (non-hydrogen) atoms. The minimum Gasteiger partial charge on any atom is -0.495 e. The predicted molar refractivity (Wildman–Crippen MR) is 53.9 cm³/mol. The van der Waals surface area contributed by atoms with E-state index in [1.807, 2.05) is 0 Å². The van der Waals surface area contributed by atoms with E-state index in [4.69, 9.17) is 4.74 Å². The van der Waals surface area contributed by atoms with Gasteiger partial charge in [0.25, 0.3) is 0 Å². The molecule has 0 spiro atoms. The van der Waals surface area contributed by atoms with Crippen molar-refractivity contribution in [3.8, 4) is 5.75 Å². The highest BCUT2D eigenvalue weighted by molar-refractivity contribution is 7.92. The van der Waals surface area contributed by atoms with E-state index in [0.717, 1.165) is 0 Å². The Morgan fingerprint density at radius 1 is 1.50 bits per heavy atom. The zero-order chi connectivity index (χ0) is 10.6. The number of anilines is 1. The molecule has 0 aliphatic rings. The van der Waals surface area contributed by atoms with Gasteiger partial charge in [0.2, 0.25) is 10.0 Å². The summed E-state index contributed by atoms with van der Waals surface area (Å²) in [6, 6.07) is 1.57. The molecular formula is C8H12N2O3S. The molecule has 1 N–H and O–H groups in total. The quantitative estimate of drug-likeness (QED) is 0.810. The lowest BCUT2D eigenvalue weighted by Crippen LogP contribution is -2.14. The predicted octanol–water partition coefficient (Wildman–Crippen LogP) is 0.852. The van der Waals surface area contributed by atoms with Gasteiger partial charge in [-0.3, -0.25) is 9.71 Å². The van der Waals surface area contributed by atoms with E-state index in [9.17, 15) is 8.42 Å². The van der Waals surface area contributed by atoms with Gasteiger partial charge in [-0.2, -0.15) is 0 Å². The molecule has 0 aromatic carbocycles. The second kappa shape index (κ2) is 4.28. The van der Waals surface area contributed by atoms with Crippen molar-refractivity contribution in [1.82, 2.24) is 4.98 Å². The lowest BCUT2D eigenvalue weighted by Gasteiger charge is -2.06. The van der Waals surface area contributed by atoms with Gasteiger partial charge in [0.1, 0.15) is 5.75 Å². The zero-order valence-electron chi connectivity index (χ0n) is 8.02. The van der Waals surface area contributed by atoms with E-state index in [-0.39, 0.29) is 5.75 Å². The molecule has 78 valence electrons. The Kier molecular flexibility index (Phi) is 3.29. The third-order valence-electron chi connectivity index (χ3n) is 1.60. The standard InChI is InChI=1S/C8H12N2O3S/c1-3-14(11,12)10-7-4-8(13-2)6-9-5-7/h4-6,10H,3H2,1-2H3. The minimum absolute atomic E-state index is 0.0320. The summed E-state index contributed by atoms with van der Waals surface area (Å²) in [7, 11) is -1.75. The summed E-state index contributed by atoms with van der Waals surface area (Å²) in [4.78, 5) is 3.82. The summed E-state index contributed by atoms with van der Waals surface area (Å²) in [5.74, 6) is 0.547. The van der Waals surface area contributed by atoms with Crippen molar-refractivity contribution < 1.29 is 13.2 Å². The summed E-state index contributed by atoms with van der Waals surface area (Å²) in [6.07, 6.45) is 2.93. The van der Waals surface area contributed by atoms with Crippen molar-refractivity contribution in [2.75, 3.05) is 17.6 Å². The molecule has 6 heteroatoms. The highest BCUT2D eigenvalue weighted by Gasteiger charge is 2.06. The van der Waals surface area contributed by atoms with Gasteiger partial charge in [-0.1, -0.05) is 0 Å². The average Bonchev–Trinajstić information content (AvgIpc) is 2.17. The number of nitrogens with one attached hydrogen (secondary N) is 1. The molecule has 0 saturated carbocycles. The number of sulfonamides is 1. The van der Waals surface area contributed by atoms with Crippen LogP contribution in [-0.4, -0.2) is 26.3 Å². The number of aromatic nitrogens is 1. The van der Waals surface area contributed by atoms with Crippen LogP contribution >= 0.6 is 0 Å². The second-order valence-corrected chi connectivity index (χ2v) is 4.63. The molecule has 0 unspecified atom stereocenters. The van der Waals surface area contributed by atoms with Crippen molar-refractivity contribution in [2.45, 2.75) is 6.92 Å². The Bertz CT molecular complexity index is 403. The van der Waals surface area contributed by atoms with E-state index in [1.54, 1.807) is 13.0 Å². The van der Waals surface area contributed by atoms with Crippen LogP contribution in [0.3, 0.4) is 0 Å². The van der Waals surface area contributed by atoms with Crippen LogP contribution in [0.15, 0.2) is 18.5 Å². The first-order chi connectivity index (χ1) is 6.57. The number of nitrogens with zero attached hydrogens (tertiary/aromatic N) is 1. The average molecular weight is 216 g/mol. The van der Waals surface area contributed by atoms with E-state index < -0.39 is 10.0 Å². The Morgan fingerprint density at radius 2 is 2.21 bits per heavy atom. The molecule has 0 atom stereocenters. The van der Waals surface area contributed by atoms with Crippen LogP contribution in [0, 0.1) is 0 Å². The fourth-order valence-electron chi connectivity index (χ4n) is 0.838. The molecule has 1 aromatic heterocycles. The Morgan fingerprint density at radius 3 is 2.79 bits per heavy atom. The first-order valence-electron chi connectivity index (χ1n) is 4.07. The minimum atomic E-state index is -3.24. The molecule has 0 saturated heterocycles. The SMILES string of the molecule is CCS(=O)(=O)Nc1cncc(OC)c1. The summed E-state index contributed by atoms with van der Waals surface area (Å²) >= 11 is 0. The summed E-state index contributed by atoms with van der Waals surface area (Å²) in [5, 5.41) is 0. The summed E-state index contributed by atoms with van der Waals surface area (Å²) in [6.45, 7) is 1.57. The van der Waals surface area contributed by atoms with Crippen molar-refractivity contribution in [3.05, 3.63) is 18.5 Å². The van der Waals surface area contributed by atoms with Crippen LogP contribution in [-0.2, 0) is 10.0 Å². The summed E-state index contributed by atoms with van der Waals surface area (Å²) < 4.78 is 29.7. The van der Waals surface area contributed by atoms with Gasteiger partial charge >= 0.3 is 0 Å². The van der Waals surface area contributed by atoms with Crippen LogP contribution in [0.5, 0.6) is 5.75 Å². The smallest absolute Gasteiger partial charge is 0.232 e. The Balaban J connectivity index is 2.87. The molecule has 0 fully saturated rings. The third-order valence-corrected chi connectivity index (χ3v) is 2.91. The van der Waals surface area contributed by atoms with Gasteiger partial charge in [0.15, 0.2) is 0 Å². The molecule has 0 amide bonds. The van der Waals surface area contributed by atoms with Gasteiger partial charge in [-0.25, -0.2) is 8.42 Å². The number of rotatable bonds is 4. The first-order valence-corrected chi connectivity index (χ1v) is 5.72. The fourth-order valence-corrected chi connectivity index (χ4v) is 1.45. The van der Waals surface area contributed by atoms with Crippen molar-refractivity contribution in [2.24, 2.45) is 0 Å². The monoisotopic (exact) mass is 216 g/mol. The van der Waals surface area contributed by atoms with Crippen LogP contribution in [0.4, 0.5) is 5.69 Å². The Labute approximate surface area is 83.2 Å². The topological polar surface area (TPSA) is 68.3 Å². The lowest BCUT2D eigenvalue weighted by molar-refractivity contribution is 0.413. The maximum atomic E-state index is 11.2. The Hall–Kier alpha value is -1.30. The maximum absolute atomic E-state index is 11.2. The van der Waals surface area contributed by atoms with Crippen molar-refractivity contribution in [3.63, 3.8) is 0 Å². The highest BCUT2D eigenvalue weighted by atomic mass is 32.2. The van der Waals surface area contributed by atoms with Gasteiger partial charge < -0.3 is 4.74 Å². The van der Waals surface area contributed by atoms with Crippen molar-refractivity contribution >= 4 is 15.7 Å². The molecule has 1 aromatic rings. The number of pyridine rings is 1. The molecule has 5 nitrogen and oxygen atoms in total. The highest BCUT2D eigenvalue weighted by Crippen LogP contribution is 2.15. The fraction of sp³-hybridized carbons (Fsp3) is 0.375. The van der Waals surface area contributed by atoms with Gasteiger partial charge in [-0.05, 0) is 6.92 Å². The molecule has 1 rings (SSSR count). The second-order valence-electron chi connectivity index (χ2n) is 2.62. The van der Waals surface area contributed by atoms with E-state index in [2.05, 4.69) is 9.71 Å². The van der Waals surface area contributed by atoms with Gasteiger partial charge in [-0.15, -0.1) is 0 Å². The van der Waals surface area contributed by atoms with Crippen LogP contribution in [0.1, 0.15) is 6.92 Å². The number of methoxy groups -OCH3 is 1. The third kappa shape index (κ3) is 2.88. The molecule has 0 radical (unpaired) electrons. The van der Waals surface area contributed by atoms with E-state index in [1.165, 1.54) is 19.5 Å². The lowest BCUT2D eigenvalue weighted by atomic mass is 10.4. The zero-order valence-corrected chi connectivity index (χ0v) is 8.84. The number of hydrogen-bond acceptors (Lipinski definition) is 4. The van der Waals surface area contributed by atoms with Crippen molar-refractivity contribution in [1.29, 1.82) is 0 Å². The molecule has 0 aliphatic carbocycles.